The minimum absolute atomic E-state index is 0.151. The fourth-order valence-electron chi connectivity index (χ4n) is 7.05. The Balaban J connectivity index is 1.42. The van der Waals surface area contributed by atoms with Crippen LogP contribution in [-0.2, 0) is 17.8 Å². The number of likely N-dealkylation sites (tertiary alicyclic amines) is 1. The summed E-state index contributed by atoms with van der Waals surface area (Å²) in [5.41, 5.74) is 6.21. The zero-order valence-corrected chi connectivity index (χ0v) is 26.4. The molecule has 3 aliphatic heterocycles. The molecule has 2 aromatic carbocycles. The van der Waals surface area contributed by atoms with E-state index in [9.17, 15) is 15.3 Å². The van der Waals surface area contributed by atoms with Crippen molar-refractivity contribution in [2.45, 2.75) is 55.5 Å². The molecule has 0 N–H and O–H groups in total. The number of carbonyl (C=O) groups excluding carboxylic acids is 1. The number of hydrogen-bond donors (Lipinski definition) is 0. The minimum atomic E-state index is -0.265. The van der Waals surface area contributed by atoms with Crippen molar-refractivity contribution in [3.05, 3.63) is 71.4 Å². The fraction of sp³-hybridized carbons (Fsp3) is 0.429. The van der Waals surface area contributed by atoms with Crippen LogP contribution < -0.4 is 9.80 Å². The number of amides is 1. The molecule has 2 saturated heterocycles. The third-order valence-electron chi connectivity index (χ3n) is 9.36. The fourth-order valence-corrected chi connectivity index (χ4v) is 8.24. The van der Waals surface area contributed by atoms with Crippen molar-refractivity contribution in [1.82, 2.24) is 14.8 Å². The van der Waals surface area contributed by atoms with Gasteiger partial charge in [0.1, 0.15) is 16.7 Å². The molecule has 8 nitrogen and oxygen atoms in total. The predicted octanol–water partition coefficient (Wildman–Crippen LogP) is 5.28. The van der Waals surface area contributed by atoms with Crippen LogP contribution in [0.4, 0.5) is 11.4 Å². The highest BCUT2D eigenvalue weighted by Gasteiger charge is 2.35. The summed E-state index contributed by atoms with van der Waals surface area (Å²) in [5.74, 6) is -0.151. The van der Waals surface area contributed by atoms with E-state index < -0.39 is 0 Å². The number of pyridine rings is 1. The van der Waals surface area contributed by atoms with Crippen LogP contribution in [0, 0.1) is 29.6 Å². The molecule has 0 aliphatic carbocycles. The number of carbonyl (C=O) groups is 1. The van der Waals surface area contributed by atoms with E-state index in [2.05, 4.69) is 83.8 Å². The van der Waals surface area contributed by atoms with Crippen LogP contribution in [0.25, 0.3) is 10.8 Å². The summed E-state index contributed by atoms with van der Waals surface area (Å²) in [5, 5.41) is 24.0. The molecule has 1 aromatic heterocycles. The molecule has 0 saturated carbocycles. The summed E-state index contributed by atoms with van der Waals surface area (Å²) >= 11 is 1.76. The van der Waals surface area contributed by atoms with Crippen LogP contribution in [0.2, 0.25) is 0 Å². The maximum atomic E-state index is 12.6. The second-order valence-electron chi connectivity index (χ2n) is 12.1. The van der Waals surface area contributed by atoms with E-state index in [1.807, 2.05) is 0 Å². The van der Waals surface area contributed by atoms with E-state index in [-0.39, 0.29) is 18.4 Å². The second-order valence-corrected chi connectivity index (χ2v) is 13.4. The Hall–Kier alpha value is -4.05. The lowest BCUT2D eigenvalue weighted by atomic mass is 9.96. The summed E-state index contributed by atoms with van der Waals surface area (Å²) in [6.45, 7) is 11.0. The third kappa shape index (κ3) is 5.75. The molecule has 44 heavy (non-hydrogen) atoms. The summed E-state index contributed by atoms with van der Waals surface area (Å²) in [6, 6.07) is 17.5. The normalized spacial score (nSPS) is 19.4. The first-order chi connectivity index (χ1) is 21.4. The number of piperazine rings is 1. The molecule has 1 atom stereocenters. The van der Waals surface area contributed by atoms with Gasteiger partial charge in [0.25, 0.3) is 0 Å². The third-order valence-corrected chi connectivity index (χ3v) is 10.7. The number of thioether (sulfide) groups is 1. The van der Waals surface area contributed by atoms with Crippen LogP contribution in [0.3, 0.4) is 0 Å². The van der Waals surface area contributed by atoms with Crippen LogP contribution in [0.1, 0.15) is 41.6 Å². The van der Waals surface area contributed by atoms with Crippen LogP contribution in [-0.4, -0.2) is 78.3 Å². The van der Waals surface area contributed by atoms with Crippen LogP contribution in [0.15, 0.2) is 54.1 Å². The zero-order chi connectivity index (χ0) is 30.8. The van der Waals surface area contributed by atoms with E-state index >= 15 is 0 Å². The van der Waals surface area contributed by atoms with Crippen molar-refractivity contribution in [1.29, 1.82) is 10.5 Å². The zero-order valence-electron chi connectivity index (χ0n) is 25.6. The van der Waals surface area contributed by atoms with Gasteiger partial charge in [-0.15, -0.1) is 11.8 Å². The summed E-state index contributed by atoms with van der Waals surface area (Å²) in [7, 11) is 2.16. The van der Waals surface area contributed by atoms with Crippen molar-refractivity contribution in [3.63, 3.8) is 0 Å². The molecule has 1 amide bonds. The Morgan fingerprint density at radius 3 is 2.59 bits per heavy atom. The number of anilines is 2. The Morgan fingerprint density at radius 1 is 1.09 bits per heavy atom. The van der Waals surface area contributed by atoms with Crippen LogP contribution in [0.5, 0.6) is 0 Å². The smallest absolute Gasteiger partial charge is 0.246 e. The minimum Gasteiger partial charge on any atom is -0.366 e. The lowest BCUT2D eigenvalue weighted by Crippen LogP contribution is -2.55. The number of fused-ring (bicyclic) bond motifs is 2. The Bertz CT molecular complexity index is 1660. The molecule has 4 heterocycles. The second kappa shape index (κ2) is 12.9. The molecular weight excluding hydrogens is 567 g/mol. The number of aromatic nitrogens is 1. The van der Waals surface area contributed by atoms with E-state index in [4.69, 9.17) is 4.98 Å². The number of rotatable bonds is 6. The van der Waals surface area contributed by atoms with Gasteiger partial charge in [0, 0.05) is 48.1 Å². The lowest BCUT2D eigenvalue weighted by Gasteiger charge is -2.43. The topological polar surface area (TPSA) is 90.5 Å². The van der Waals surface area contributed by atoms with Gasteiger partial charge in [-0.2, -0.15) is 10.5 Å². The number of aryl methyl sites for hydroxylation is 1. The number of hydrogen-bond acceptors (Lipinski definition) is 8. The Kier molecular flexibility index (Phi) is 8.79. The van der Waals surface area contributed by atoms with Gasteiger partial charge >= 0.3 is 0 Å². The molecule has 3 aromatic rings. The Morgan fingerprint density at radius 2 is 1.86 bits per heavy atom. The number of nitrogens with zero attached hydrogens (tertiary/aromatic N) is 7. The first-order valence-electron chi connectivity index (χ1n) is 15.5. The number of piperidine rings is 1. The van der Waals surface area contributed by atoms with Crippen LogP contribution >= 0.6 is 11.8 Å². The average molecular weight is 606 g/mol. The van der Waals surface area contributed by atoms with Crippen molar-refractivity contribution in [2.24, 2.45) is 0 Å². The van der Waals surface area contributed by atoms with Crippen molar-refractivity contribution in [2.75, 3.05) is 56.1 Å². The summed E-state index contributed by atoms with van der Waals surface area (Å²) < 4.78 is 0. The molecule has 1 unspecified atom stereocenters. The van der Waals surface area contributed by atoms with Crippen molar-refractivity contribution in [3.8, 4) is 12.1 Å². The predicted molar refractivity (Wildman–Crippen MR) is 177 cm³/mol. The molecule has 9 heteroatoms. The SMILES string of the molecule is C=CC(=O)N1CCN(c2c(C#N)c(SC3CCN(C)CC3)nc3c2CCN(c2cccc4cccc(C)c24)C3)CC1CC#N. The highest BCUT2D eigenvalue weighted by molar-refractivity contribution is 7.99. The van der Waals surface area contributed by atoms with E-state index in [1.54, 1.807) is 16.7 Å². The monoisotopic (exact) mass is 605 g/mol. The van der Waals surface area contributed by atoms with Gasteiger partial charge < -0.3 is 19.6 Å². The van der Waals surface area contributed by atoms with Gasteiger partial charge in [-0.05, 0) is 69.4 Å². The quantitative estimate of drug-likeness (QED) is 0.351. The first-order valence-corrected chi connectivity index (χ1v) is 16.4. The van der Waals surface area contributed by atoms with E-state index in [1.165, 1.54) is 28.1 Å². The van der Waals surface area contributed by atoms with Crippen molar-refractivity contribution < 1.29 is 4.79 Å². The molecule has 226 valence electrons. The van der Waals surface area contributed by atoms with Gasteiger partial charge in [-0.25, -0.2) is 4.98 Å². The van der Waals surface area contributed by atoms with Gasteiger partial charge in [-0.1, -0.05) is 36.9 Å². The molecule has 2 fully saturated rings. The summed E-state index contributed by atoms with van der Waals surface area (Å²) in [6.07, 6.45) is 4.45. The highest BCUT2D eigenvalue weighted by Crippen LogP contribution is 2.42. The molecule has 3 aliphatic rings. The maximum Gasteiger partial charge on any atom is 0.246 e. The average Bonchev–Trinajstić information content (AvgIpc) is 3.04. The highest BCUT2D eigenvalue weighted by atomic mass is 32.2. The number of nitriles is 2. The maximum absolute atomic E-state index is 12.6. The van der Waals surface area contributed by atoms with E-state index in [0.717, 1.165) is 60.9 Å². The van der Waals surface area contributed by atoms with Gasteiger partial charge in [0.15, 0.2) is 0 Å². The van der Waals surface area contributed by atoms with Gasteiger partial charge in [-0.3, -0.25) is 4.79 Å². The molecule has 0 radical (unpaired) electrons. The number of benzene rings is 2. The molecule has 0 bridgehead atoms. The standard InChI is InChI=1S/C35H39N7OS/c1-4-32(43)42-20-19-41(22-26(42)11-15-36)34-28-14-18-40(31-10-6-9-25-8-5-7-24(2)33(25)31)23-30(28)38-35(29(34)21-37)44-27-12-16-39(3)17-13-27/h4-10,26-27H,1,11-14,16-20,22-23H2,2-3H3. The lowest BCUT2D eigenvalue weighted by molar-refractivity contribution is -0.128. The Labute approximate surface area is 264 Å². The first kappa shape index (κ1) is 30.0. The largest absolute Gasteiger partial charge is 0.366 e. The van der Waals surface area contributed by atoms with Crippen molar-refractivity contribution >= 4 is 39.8 Å². The van der Waals surface area contributed by atoms with E-state index in [0.29, 0.717) is 37.0 Å². The molecular formula is C35H39N7OS. The summed E-state index contributed by atoms with van der Waals surface area (Å²) in [4.78, 5) is 26.7. The molecule has 6 rings (SSSR count). The van der Waals surface area contributed by atoms with Gasteiger partial charge in [0.05, 0.1) is 36.5 Å². The molecule has 0 spiro atoms. The van der Waals surface area contributed by atoms with Gasteiger partial charge in [0.2, 0.25) is 5.91 Å².